The molecule has 1 N–H and O–H groups in total. The third kappa shape index (κ3) is 5.76. The molecule has 1 aromatic heterocycles. The lowest BCUT2D eigenvalue weighted by Gasteiger charge is -2.10. The van der Waals surface area contributed by atoms with Crippen molar-refractivity contribution in [2.24, 2.45) is 5.10 Å². The number of nitrogens with zero attached hydrogens (tertiary/aromatic N) is 3. The molecular weight excluding hydrogens is 524 g/mol. The van der Waals surface area contributed by atoms with Crippen molar-refractivity contribution in [3.8, 4) is 5.75 Å². The smallest absolute Gasteiger partial charge is 0.250 e. The van der Waals surface area contributed by atoms with Crippen molar-refractivity contribution >= 4 is 62.4 Å². The lowest BCUT2D eigenvalue weighted by atomic mass is 10.2. The van der Waals surface area contributed by atoms with Gasteiger partial charge in [0.25, 0.3) is 5.91 Å². The number of nitrogens with one attached hydrogen (secondary N) is 1. The number of imidazole rings is 1. The van der Waals surface area contributed by atoms with Gasteiger partial charge >= 0.3 is 0 Å². The maximum absolute atomic E-state index is 12.4. The van der Waals surface area contributed by atoms with Gasteiger partial charge in [-0.05, 0) is 63.5 Å². The topological polar surface area (TPSA) is 68.5 Å². The number of hydrogen-bond acceptors (Lipinski definition) is 5. The minimum Gasteiger partial charge on any atom is -0.496 e. The standard InChI is InChI=1S/C24H20BrClN4O2S/c1-32-22-11-10-16(12-18(22)25)13-27-29-23(31)15-33-24-28-20-8-4-5-9-21(20)30(24)14-17-6-2-3-7-19(17)26/h2-13H,14-15H2,1H3,(H,29,31)/b27-13-. The van der Waals surface area contributed by atoms with Crippen LogP contribution in [0.3, 0.4) is 0 Å². The average Bonchev–Trinajstić information content (AvgIpc) is 3.17. The van der Waals surface area contributed by atoms with E-state index in [2.05, 4.69) is 31.0 Å². The highest BCUT2D eigenvalue weighted by Gasteiger charge is 2.14. The van der Waals surface area contributed by atoms with Gasteiger partial charge in [0.2, 0.25) is 0 Å². The summed E-state index contributed by atoms with van der Waals surface area (Å²) in [6, 6.07) is 21.2. The fourth-order valence-corrected chi connectivity index (χ4v) is 4.78. The zero-order valence-electron chi connectivity index (χ0n) is 17.7. The Labute approximate surface area is 209 Å². The van der Waals surface area contributed by atoms with Gasteiger partial charge in [0, 0.05) is 5.02 Å². The summed E-state index contributed by atoms with van der Waals surface area (Å²) in [6.45, 7) is 0.564. The first-order chi connectivity index (χ1) is 16.0. The molecule has 0 bridgehead atoms. The van der Waals surface area contributed by atoms with E-state index in [9.17, 15) is 4.79 Å². The highest BCUT2D eigenvalue weighted by molar-refractivity contribution is 9.10. The molecule has 4 rings (SSSR count). The van der Waals surface area contributed by atoms with E-state index in [-0.39, 0.29) is 11.7 Å². The first-order valence-electron chi connectivity index (χ1n) is 10.0. The van der Waals surface area contributed by atoms with Crippen LogP contribution in [0.25, 0.3) is 11.0 Å². The molecule has 0 aliphatic carbocycles. The predicted octanol–water partition coefficient (Wildman–Crippen LogP) is 5.75. The van der Waals surface area contributed by atoms with Crippen LogP contribution in [0.4, 0.5) is 0 Å². The molecule has 0 fully saturated rings. The van der Waals surface area contributed by atoms with E-state index in [0.717, 1.165) is 37.5 Å². The van der Waals surface area contributed by atoms with Gasteiger partial charge < -0.3 is 9.30 Å². The molecule has 0 saturated heterocycles. The largest absolute Gasteiger partial charge is 0.496 e. The van der Waals surface area contributed by atoms with Crippen LogP contribution in [0.15, 0.2) is 81.5 Å². The summed E-state index contributed by atoms with van der Waals surface area (Å²) >= 11 is 11.2. The first kappa shape index (κ1) is 23.4. The van der Waals surface area contributed by atoms with E-state index in [1.54, 1.807) is 13.3 Å². The van der Waals surface area contributed by atoms with Crippen molar-refractivity contribution in [3.63, 3.8) is 0 Å². The molecule has 9 heteroatoms. The molecule has 0 aliphatic heterocycles. The van der Waals surface area contributed by atoms with E-state index in [0.29, 0.717) is 11.6 Å². The number of carbonyl (C=O) groups is 1. The van der Waals surface area contributed by atoms with Gasteiger partial charge in [0.05, 0.1) is 41.1 Å². The number of para-hydroxylation sites is 2. The second-order valence-electron chi connectivity index (χ2n) is 7.04. The Kier molecular flexibility index (Phi) is 7.69. The van der Waals surface area contributed by atoms with Gasteiger partial charge in [-0.25, -0.2) is 10.4 Å². The molecule has 0 aliphatic rings. The molecule has 0 radical (unpaired) electrons. The van der Waals surface area contributed by atoms with Crippen molar-refractivity contribution < 1.29 is 9.53 Å². The number of hydrogen-bond donors (Lipinski definition) is 1. The van der Waals surface area contributed by atoms with E-state index in [4.69, 9.17) is 21.3 Å². The Balaban J connectivity index is 1.44. The Morgan fingerprint density at radius 3 is 2.79 bits per heavy atom. The molecule has 168 valence electrons. The van der Waals surface area contributed by atoms with Gasteiger partial charge in [0.15, 0.2) is 5.16 Å². The third-order valence-electron chi connectivity index (χ3n) is 4.82. The summed E-state index contributed by atoms with van der Waals surface area (Å²) in [5.74, 6) is 0.683. The Bertz CT molecular complexity index is 1330. The molecule has 4 aromatic rings. The number of benzene rings is 3. The van der Waals surface area contributed by atoms with Gasteiger partial charge in [-0.3, -0.25) is 4.79 Å². The summed E-state index contributed by atoms with van der Waals surface area (Å²) in [5, 5.41) is 5.49. The predicted molar refractivity (Wildman–Crippen MR) is 137 cm³/mol. The van der Waals surface area contributed by atoms with Crippen LogP contribution in [0, 0.1) is 0 Å². The van der Waals surface area contributed by atoms with Crippen molar-refractivity contribution in [3.05, 3.63) is 87.4 Å². The Hall–Kier alpha value is -2.81. The zero-order valence-corrected chi connectivity index (χ0v) is 20.8. The minimum absolute atomic E-state index is 0.176. The number of aromatic nitrogens is 2. The number of thioether (sulfide) groups is 1. The van der Waals surface area contributed by atoms with Crippen LogP contribution in [-0.2, 0) is 11.3 Å². The van der Waals surface area contributed by atoms with Gasteiger partial charge in [-0.15, -0.1) is 0 Å². The first-order valence-corrected chi connectivity index (χ1v) is 12.2. The molecule has 0 unspecified atom stereocenters. The van der Waals surface area contributed by atoms with E-state index in [1.807, 2.05) is 66.7 Å². The summed E-state index contributed by atoms with van der Waals surface area (Å²) in [5.41, 5.74) is 6.25. The van der Waals surface area contributed by atoms with E-state index in [1.165, 1.54) is 11.8 Å². The summed E-state index contributed by atoms with van der Waals surface area (Å²) < 4.78 is 8.10. The Morgan fingerprint density at radius 2 is 2.00 bits per heavy atom. The molecule has 0 saturated carbocycles. The van der Waals surface area contributed by atoms with Crippen LogP contribution in [-0.4, -0.2) is 34.5 Å². The second kappa shape index (κ2) is 10.9. The van der Waals surface area contributed by atoms with Gasteiger partial charge in [-0.1, -0.05) is 53.7 Å². The second-order valence-corrected chi connectivity index (χ2v) is 9.24. The number of rotatable bonds is 8. The number of ether oxygens (including phenoxy) is 1. The molecule has 1 amide bonds. The number of amides is 1. The van der Waals surface area contributed by atoms with Crippen molar-refractivity contribution in [2.75, 3.05) is 12.9 Å². The summed E-state index contributed by atoms with van der Waals surface area (Å²) in [6.07, 6.45) is 1.58. The summed E-state index contributed by atoms with van der Waals surface area (Å²) in [7, 11) is 1.61. The van der Waals surface area contributed by atoms with Gasteiger partial charge in [-0.2, -0.15) is 5.10 Å². The zero-order chi connectivity index (χ0) is 23.2. The van der Waals surface area contributed by atoms with Crippen molar-refractivity contribution in [2.45, 2.75) is 11.7 Å². The fraction of sp³-hybridized carbons (Fsp3) is 0.125. The Morgan fingerprint density at radius 1 is 1.21 bits per heavy atom. The number of methoxy groups -OCH3 is 1. The molecular formula is C24H20BrClN4O2S. The normalized spacial score (nSPS) is 11.2. The molecule has 6 nitrogen and oxygen atoms in total. The van der Waals surface area contributed by atoms with E-state index >= 15 is 0 Å². The number of carbonyl (C=O) groups excluding carboxylic acids is 1. The quantitative estimate of drug-likeness (QED) is 0.175. The third-order valence-corrected chi connectivity index (χ3v) is 6.78. The van der Waals surface area contributed by atoms with Crippen molar-refractivity contribution in [1.29, 1.82) is 0 Å². The van der Waals surface area contributed by atoms with Gasteiger partial charge in [0.1, 0.15) is 5.75 Å². The summed E-state index contributed by atoms with van der Waals surface area (Å²) in [4.78, 5) is 17.1. The molecule has 0 atom stereocenters. The maximum Gasteiger partial charge on any atom is 0.250 e. The molecule has 1 heterocycles. The molecule has 3 aromatic carbocycles. The highest BCUT2D eigenvalue weighted by atomic mass is 79.9. The van der Waals surface area contributed by atoms with Crippen LogP contribution >= 0.6 is 39.3 Å². The average molecular weight is 544 g/mol. The lowest BCUT2D eigenvalue weighted by molar-refractivity contribution is -0.118. The maximum atomic E-state index is 12.4. The number of halogens is 2. The van der Waals surface area contributed by atoms with Crippen LogP contribution in [0.1, 0.15) is 11.1 Å². The fourth-order valence-electron chi connectivity index (χ4n) is 3.22. The SMILES string of the molecule is COc1ccc(/C=N\NC(=O)CSc2nc3ccccc3n2Cc2ccccc2Cl)cc1Br. The lowest BCUT2D eigenvalue weighted by Crippen LogP contribution is -2.20. The minimum atomic E-state index is -0.222. The van der Waals surface area contributed by atoms with Crippen LogP contribution in [0.5, 0.6) is 5.75 Å². The molecule has 0 spiro atoms. The number of hydrazone groups is 1. The van der Waals surface area contributed by atoms with Crippen molar-refractivity contribution in [1.82, 2.24) is 15.0 Å². The van der Waals surface area contributed by atoms with Crippen LogP contribution in [0.2, 0.25) is 5.02 Å². The van der Waals surface area contributed by atoms with Crippen LogP contribution < -0.4 is 10.2 Å². The molecule has 33 heavy (non-hydrogen) atoms. The highest BCUT2D eigenvalue weighted by Crippen LogP contribution is 2.27. The van der Waals surface area contributed by atoms with E-state index < -0.39 is 0 Å². The monoisotopic (exact) mass is 542 g/mol. The number of fused-ring (bicyclic) bond motifs is 1.